The molecule has 1 rings (SSSR count). The average Bonchev–Trinajstić information content (AvgIpc) is 2.10. The summed E-state index contributed by atoms with van der Waals surface area (Å²) in [6.07, 6.45) is 1.05. The van der Waals surface area contributed by atoms with Crippen molar-refractivity contribution < 1.29 is 4.74 Å². The lowest BCUT2D eigenvalue weighted by atomic mass is 9.98. The molecule has 2 unspecified atom stereocenters. The highest BCUT2D eigenvalue weighted by Gasteiger charge is 2.35. The highest BCUT2D eigenvalue weighted by atomic mass is 32.2. The van der Waals surface area contributed by atoms with Gasteiger partial charge in [-0.2, -0.15) is 0 Å². The van der Waals surface area contributed by atoms with E-state index in [1.807, 2.05) is 11.8 Å². The van der Waals surface area contributed by atoms with Gasteiger partial charge in [0.25, 0.3) is 0 Å². The van der Waals surface area contributed by atoms with E-state index in [1.165, 1.54) is 5.75 Å². The highest BCUT2D eigenvalue weighted by molar-refractivity contribution is 8.00. The SMILES string of the molecule is COC(C)(C)CC1(C)NCC(C)CS1. The van der Waals surface area contributed by atoms with Gasteiger partial charge < -0.3 is 10.1 Å². The zero-order chi connectivity index (χ0) is 10.8. The average molecular weight is 217 g/mol. The second kappa shape index (κ2) is 4.42. The molecule has 1 aliphatic heterocycles. The van der Waals surface area contributed by atoms with E-state index >= 15 is 0 Å². The van der Waals surface area contributed by atoms with E-state index in [2.05, 4.69) is 33.0 Å². The standard InChI is InChI=1S/C11H23NOS/c1-9-6-12-11(4,14-7-9)8-10(2,3)13-5/h9,12H,6-8H2,1-5H3. The molecule has 3 heteroatoms. The molecule has 14 heavy (non-hydrogen) atoms. The van der Waals surface area contributed by atoms with Crippen molar-refractivity contribution in [2.75, 3.05) is 19.4 Å². The first-order valence-electron chi connectivity index (χ1n) is 5.31. The Kier molecular flexibility index (Phi) is 3.89. The zero-order valence-electron chi connectivity index (χ0n) is 10.0. The van der Waals surface area contributed by atoms with Crippen LogP contribution in [0.2, 0.25) is 0 Å². The molecule has 1 N–H and O–H groups in total. The van der Waals surface area contributed by atoms with Crippen LogP contribution >= 0.6 is 11.8 Å². The second-order valence-electron chi connectivity index (χ2n) is 5.17. The van der Waals surface area contributed by atoms with Crippen LogP contribution in [0.4, 0.5) is 0 Å². The Balaban J connectivity index is 2.50. The lowest BCUT2D eigenvalue weighted by Crippen LogP contribution is -2.50. The van der Waals surface area contributed by atoms with Crippen LogP contribution in [0.1, 0.15) is 34.1 Å². The summed E-state index contributed by atoms with van der Waals surface area (Å²) in [5.74, 6) is 2.04. The first-order valence-corrected chi connectivity index (χ1v) is 6.30. The molecule has 0 aliphatic carbocycles. The summed E-state index contributed by atoms with van der Waals surface area (Å²) in [6, 6.07) is 0. The summed E-state index contributed by atoms with van der Waals surface area (Å²) < 4.78 is 5.48. The van der Waals surface area contributed by atoms with Crippen LogP contribution in [0.3, 0.4) is 0 Å². The van der Waals surface area contributed by atoms with Crippen LogP contribution in [-0.2, 0) is 4.74 Å². The van der Waals surface area contributed by atoms with Crippen molar-refractivity contribution in [1.82, 2.24) is 5.32 Å². The van der Waals surface area contributed by atoms with Gasteiger partial charge in [0.15, 0.2) is 0 Å². The lowest BCUT2D eigenvalue weighted by Gasteiger charge is -2.41. The number of nitrogens with one attached hydrogen (secondary N) is 1. The largest absolute Gasteiger partial charge is 0.379 e. The van der Waals surface area contributed by atoms with Crippen molar-refractivity contribution in [1.29, 1.82) is 0 Å². The van der Waals surface area contributed by atoms with E-state index in [0.717, 1.165) is 18.9 Å². The molecular weight excluding hydrogens is 194 g/mol. The number of rotatable bonds is 3. The van der Waals surface area contributed by atoms with Gasteiger partial charge in [0.2, 0.25) is 0 Å². The number of ether oxygens (including phenoxy) is 1. The maximum Gasteiger partial charge on any atom is 0.0648 e. The van der Waals surface area contributed by atoms with Crippen molar-refractivity contribution in [3.8, 4) is 0 Å². The van der Waals surface area contributed by atoms with Crippen LogP contribution in [0.15, 0.2) is 0 Å². The Hall–Kier alpha value is 0.270. The Morgan fingerprint density at radius 2 is 2.21 bits per heavy atom. The molecule has 1 saturated heterocycles. The van der Waals surface area contributed by atoms with E-state index in [-0.39, 0.29) is 10.5 Å². The van der Waals surface area contributed by atoms with Crippen molar-refractivity contribution in [3.63, 3.8) is 0 Å². The van der Waals surface area contributed by atoms with Crippen LogP contribution in [0.5, 0.6) is 0 Å². The molecule has 0 aromatic heterocycles. The first-order chi connectivity index (χ1) is 6.37. The normalized spacial score (nSPS) is 34.5. The van der Waals surface area contributed by atoms with Crippen molar-refractivity contribution >= 4 is 11.8 Å². The smallest absolute Gasteiger partial charge is 0.0648 e. The third kappa shape index (κ3) is 3.44. The van der Waals surface area contributed by atoms with E-state index in [0.29, 0.717) is 0 Å². The Morgan fingerprint density at radius 3 is 2.64 bits per heavy atom. The fourth-order valence-electron chi connectivity index (χ4n) is 1.82. The molecule has 0 aromatic carbocycles. The molecule has 0 spiro atoms. The first kappa shape index (κ1) is 12.3. The third-order valence-corrected chi connectivity index (χ3v) is 4.49. The van der Waals surface area contributed by atoms with Crippen molar-refractivity contribution in [3.05, 3.63) is 0 Å². The number of hydrogen-bond acceptors (Lipinski definition) is 3. The summed E-state index contributed by atoms with van der Waals surface area (Å²) in [7, 11) is 1.79. The molecule has 1 aliphatic rings. The summed E-state index contributed by atoms with van der Waals surface area (Å²) in [5.41, 5.74) is -0.0324. The van der Waals surface area contributed by atoms with Gasteiger partial charge in [0.05, 0.1) is 10.5 Å². The minimum Gasteiger partial charge on any atom is -0.379 e. The highest BCUT2D eigenvalue weighted by Crippen LogP contribution is 2.36. The minimum absolute atomic E-state index is 0.0324. The van der Waals surface area contributed by atoms with E-state index in [9.17, 15) is 0 Å². The summed E-state index contributed by atoms with van der Waals surface area (Å²) in [6.45, 7) is 10.0. The predicted octanol–water partition coefficient (Wildman–Crippen LogP) is 2.49. The van der Waals surface area contributed by atoms with Gasteiger partial charge in [-0.05, 0) is 39.0 Å². The monoisotopic (exact) mass is 217 g/mol. The Labute approximate surface area is 92.2 Å². The zero-order valence-corrected chi connectivity index (χ0v) is 10.8. The van der Waals surface area contributed by atoms with Crippen LogP contribution in [0.25, 0.3) is 0 Å². The number of hydrogen-bond donors (Lipinski definition) is 1. The molecule has 0 bridgehead atoms. The van der Waals surface area contributed by atoms with Gasteiger partial charge in [-0.1, -0.05) is 6.92 Å². The molecule has 0 amide bonds. The second-order valence-corrected chi connectivity index (χ2v) is 6.69. The molecule has 1 heterocycles. The molecular formula is C11H23NOS. The molecule has 2 nitrogen and oxygen atoms in total. The van der Waals surface area contributed by atoms with Gasteiger partial charge in [-0.25, -0.2) is 0 Å². The molecule has 84 valence electrons. The summed E-state index contributed by atoms with van der Waals surface area (Å²) in [5, 5.41) is 3.62. The molecule has 1 fully saturated rings. The maximum absolute atomic E-state index is 5.48. The van der Waals surface area contributed by atoms with E-state index in [1.54, 1.807) is 7.11 Å². The molecule has 0 radical (unpaired) electrons. The van der Waals surface area contributed by atoms with Crippen molar-refractivity contribution in [2.45, 2.75) is 44.6 Å². The lowest BCUT2D eigenvalue weighted by molar-refractivity contribution is 0.00443. The van der Waals surface area contributed by atoms with E-state index < -0.39 is 0 Å². The van der Waals surface area contributed by atoms with Gasteiger partial charge in [-0.3, -0.25) is 0 Å². The van der Waals surface area contributed by atoms with Gasteiger partial charge in [0, 0.05) is 13.5 Å². The topological polar surface area (TPSA) is 21.3 Å². The van der Waals surface area contributed by atoms with Gasteiger partial charge >= 0.3 is 0 Å². The minimum atomic E-state index is -0.0324. The quantitative estimate of drug-likeness (QED) is 0.785. The maximum atomic E-state index is 5.48. The van der Waals surface area contributed by atoms with Gasteiger partial charge in [-0.15, -0.1) is 11.8 Å². The fraction of sp³-hybridized carbons (Fsp3) is 1.00. The Bertz CT molecular complexity index is 186. The number of thioether (sulfide) groups is 1. The predicted molar refractivity (Wildman–Crippen MR) is 63.7 cm³/mol. The molecule has 2 atom stereocenters. The van der Waals surface area contributed by atoms with E-state index in [4.69, 9.17) is 4.74 Å². The Morgan fingerprint density at radius 1 is 1.57 bits per heavy atom. The van der Waals surface area contributed by atoms with Crippen LogP contribution in [0, 0.1) is 5.92 Å². The van der Waals surface area contributed by atoms with Gasteiger partial charge in [0.1, 0.15) is 0 Å². The molecule has 0 aromatic rings. The van der Waals surface area contributed by atoms with Crippen molar-refractivity contribution in [2.24, 2.45) is 5.92 Å². The third-order valence-electron chi connectivity index (χ3n) is 2.83. The summed E-state index contributed by atoms with van der Waals surface area (Å²) in [4.78, 5) is 0.187. The van der Waals surface area contributed by atoms with Crippen LogP contribution in [-0.4, -0.2) is 29.9 Å². The summed E-state index contributed by atoms with van der Waals surface area (Å²) >= 11 is 2.02. The number of methoxy groups -OCH3 is 1. The van der Waals surface area contributed by atoms with Crippen LogP contribution < -0.4 is 5.32 Å². The molecule has 0 saturated carbocycles. The fourth-order valence-corrected chi connectivity index (χ4v) is 3.23.